The summed E-state index contributed by atoms with van der Waals surface area (Å²) in [4.78, 5) is 31.3. The first-order valence-corrected chi connectivity index (χ1v) is 10.3. The van der Waals surface area contributed by atoms with Gasteiger partial charge in [-0.05, 0) is 42.2 Å². The van der Waals surface area contributed by atoms with E-state index in [1.165, 1.54) is 38.2 Å². The number of nitrogens with zero attached hydrogens (tertiary/aromatic N) is 2. The second kappa shape index (κ2) is 8.31. The molecule has 1 N–H and O–H groups in total. The fourth-order valence-corrected chi connectivity index (χ4v) is 4.51. The molecule has 0 unspecified atom stereocenters. The van der Waals surface area contributed by atoms with E-state index < -0.39 is 0 Å². The summed E-state index contributed by atoms with van der Waals surface area (Å²) < 4.78 is 0. The summed E-state index contributed by atoms with van der Waals surface area (Å²) in [5.41, 5.74) is 1.73. The van der Waals surface area contributed by atoms with Crippen LogP contribution < -0.4 is 5.32 Å². The molecule has 1 atom stereocenters. The van der Waals surface area contributed by atoms with Crippen molar-refractivity contribution < 1.29 is 9.59 Å². The highest BCUT2D eigenvalue weighted by Crippen LogP contribution is 2.35. The first-order valence-electron chi connectivity index (χ1n) is 9.92. The summed E-state index contributed by atoms with van der Waals surface area (Å²) in [6.07, 6.45) is 13.8. The molecule has 1 fully saturated rings. The topological polar surface area (TPSA) is 62.3 Å². The molecule has 3 aliphatic rings. The van der Waals surface area contributed by atoms with Crippen LogP contribution in [0.2, 0.25) is 0 Å². The molecular formula is C22H24ClN3O2. The molecule has 0 radical (unpaired) electrons. The second-order valence-corrected chi connectivity index (χ2v) is 8.08. The number of rotatable bonds is 5. The van der Waals surface area contributed by atoms with Crippen LogP contribution in [0.15, 0.2) is 58.9 Å². The molecule has 2 aliphatic carbocycles. The van der Waals surface area contributed by atoms with Crippen molar-refractivity contribution in [3.8, 4) is 0 Å². The van der Waals surface area contributed by atoms with E-state index in [0.29, 0.717) is 18.3 Å². The van der Waals surface area contributed by atoms with Gasteiger partial charge in [-0.1, -0.05) is 49.8 Å². The van der Waals surface area contributed by atoms with Crippen molar-refractivity contribution in [2.75, 3.05) is 11.9 Å². The van der Waals surface area contributed by atoms with Crippen LogP contribution in [-0.4, -0.2) is 34.2 Å². The normalized spacial score (nSPS) is 20.8. The Bertz CT molecular complexity index is 854. The molecule has 0 saturated heterocycles. The van der Waals surface area contributed by atoms with Gasteiger partial charge in [-0.3, -0.25) is 9.59 Å². The highest BCUT2D eigenvalue weighted by molar-refractivity contribution is 6.45. The molecule has 6 heteroatoms. The lowest BCUT2D eigenvalue weighted by atomic mass is 9.84. The van der Waals surface area contributed by atoms with Crippen molar-refractivity contribution in [2.45, 2.75) is 44.6 Å². The van der Waals surface area contributed by atoms with E-state index >= 15 is 0 Å². The molecule has 146 valence electrons. The molecule has 0 bridgehead atoms. The van der Waals surface area contributed by atoms with Crippen LogP contribution in [0.1, 0.15) is 38.5 Å². The molecule has 1 amide bonds. The molecule has 4 rings (SSSR count). The summed E-state index contributed by atoms with van der Waals surface area (Å²) in [6, 6.07) is 5.15. The predicted molar refractivity (Wildman–Crippen MR) is 110 cm³/mol. The largest absolute Gasteiger partial charge is 0.361 e. The summed E-state index contributed by atoms with van der Waals surface area (Å²) in [5.74, 6) is 0.859. The SMILES string of the molecule is O=C1C=CC2=CN([C@@H](CC3CCCCC3)C(=O)Nc3ccccn3)CC2=C1Cl. The van der Waals surface area contributed by atoms with E-state index in [2.05, 4.69) is 10.3 Å². The molecular weight excluding hydrogens is 374 g/mol. The summed E-state index contributed by atoms with van der Waals surface area (Å²) >= 11 is 6.24. The van der Waals surface area contributed by atoms with Crippen molar-refractivity contribution in [3.05, 3.63) is 58.9 Å². The molecule has 0 aromatic carbocycles. The van der Waals surface area contributed by atoms with Crippen molar-refractivity contribution in [1.29, 1.82) is 0 Å². The van der Waals surface area contributed by atoms with Crippen molar-refractivity contribution >= 4 is 29.1 Å². The zero-order valence-electron chi connectivity index (χ0n) is 15.7. The number of carbonyl (C=O) groups excluding carboxylic acids is 2. The zero-order chi connectivity index (χ0) is 19.5. The van der Waals surface area contributed by atoms with E-state index in [4.69, 9.17) is 11.6 Å². The van der Waals surface area contributed by atoms with Gasteiger partial charge in [0.05, 0.1) is 5.03 Å². The molecule has 1 saturated carbocycles. The predicted octanol–water partition coefficient (Wildman–Crippen LogP) is 4.19. The zero-order valence-corrected chi connectivity index (χ0v) is 16.5. The Labute approximate surface area is 170 Å². The van der Waals surface area contributed by atoms with Gasteiger partial charge >= 0.3 is 0 Å². The van der Waals surface area contributed by atoms with Gasteiger partial charge in [-0.2, -0.15) is 0 Å². The van der Waals surface area contributed by atoms with Crippen molar-refractivity contribution in [1.82, 2.24) is 9.88 Å². The van der Waals surface area contributed by atoms with E-state index in [0.717, 1.165) is 17.6 Å². The van der Waals surface area contributed by atoms with Gasteiger partial charge in [0.2, 0.25) is 5.91 Å². The van der Waals surface area contributed by atoms with E-state index in [1.54, 1.807) is 18.3 Å². The molecule has 28 heavy (non-hydrogen) atoms. The Kier molecular flexibility index (Phi) is 5.62. The summed E-state index contributed by atoms with van der Waals surface area (Å²) in [7, 11) is 0. The number of fused-ring (bicyclic) bond motifs is 1. The number of nitrogens with one attached hydrogen (secondary N) is 1. The Balaban J connectivity index is 1.56. The smallest absolute Gasteiger partial charge is 0.248 e. The van der Waals surface area contributed by atoms with Gasteiger partial charge in [0.15, 0.2) is 5.78 Å². The lowest BCUT2D eigenvalue weighted by Gasteiger charge is -2.31. The van der Waals surface area contributed by atoms with E-state index in [1.807, 2.05) is 23.2 Å². The summed E-state index contributed by atoms with van der Waals surface area (Å²) in [6.45, 7) is 0.483. The molecule has 1 aromatic heterocycles. The van der Waals surface area contributed by atoms with Crippen LogP contribution in [0.3, 0.4) is 0 Å². The molecule has 2 heterocycles. The van der Waals surface area contributed by atoms with Crippen molar-refractivity contribution in [3.63, 3.8) is 0 Å². The lowest BCUT2D eigenvalue weighted by molar-refractivity contribution is -0.121. The molecule has 0 spiro atoms. The van der Waals surface area contributed by atoms with Crippen LogP contribution in [-0.2, 0) is 9.59 Å². The standard InChI is InChI=1S/C22H24ClN3O2/c23-21-17-14-26(13-16(17)9-10-19(21)27)18(12-15-6-2-1-3-7-15)22(28)25-20-8-4-5-11-24-20/h4-5,8-11,13,15,18H,1-3,6-7,12,14H2,(H,24,25,28)/t18-/m0/s1. The molecule has 1 aliphatic heterocycles. The maximum atomic E-state index is 13.2. The number of ketones is 1. The number of hydrogen-bond acceptors (Lipinski definition) is 4. The average Bonchev–Trinajstić information content (AvgIpc) is 3.15. The first-order chi connectivity index (χ1) is 13.6. The number of anilines is 1. The summed E-state index contributed by atoms with van der Waals surface area (Å²) in [5, 5.41) is 3.22. The third-order valence-electron chi connectivity index (χ3n) is 5.79. The second-order valence-electron chi connectivity index (χ2n) is 7.71. The lowest BCUT2D eigenvalue weighted by Crippen LogP contribution is -2.42. The van der Waals surface area contributed by atoms with Gasteiger partial charge in [0.25, 0.3) is 0 Å². The van der Waals surface area contributed by atoms with Gasteiger partial charge in [-0.25, -0.2) is 4.98 Å². The van der Waals surface area contributed by atoms with Crippen LogP contribution in [0, 0.1) is 5.92 Å². The van der Waals surface area contributed by atoms with Crippen LogP contribution in [0.4, 0.5) is 5.82 Å². The van der Waals surface area contributed by atoms with Gasteiger partial charge in [0.1, 0.15) is 11.9 Å². The third kappa shape index (κ3) is 4.04. The maximum Gasteiger partial charge on any atom is 0.248 e. The van der Waals surface area contributed by atoms with Crippen molar-refractivity contribution in [2.24, 2.45) is 5.92 Å². The highest BCUT2D eigenvalue weighted by Gasteiger charge is 2.34. The Morgan fingerprint density at radius 1 is 1.25 bits per heavy atom. The van der Waals surface area contributed by atoms with Gasteiger partial charge in [0, 0.05) is 24.5 Å². The number of pyridine rings is 1. The molecule has 1 aromatic rings. The van der Waals surface area contributed by atoms with E-state index in [-0.39, 0.29) is 22.8 Å². The third-order valence-corrected chi connectivity index (χ3v) is 6.20. The van der Waals surface area contributed by atoms with Gasteiger partial charge < -0.3 is 10.2 Å². The Hall–Kier alpha value is -2.40. The number of hydrogen-bond donors (Lipinski definition) is 1. The van der Waals surface area contributed by atoms with Crippen LogP contribution >= 0.6 is 11.6 Å². The first kappa shape index (κ1) is 18.9. The fraction of sp³-hybridized carbons (Fsp3) is 0.409. The number of carbonyl (C=O) groups is 2. The molecule has 5 nitrogen and oxygen atoms in total. The Morgan fingerprint density at radius 2 is 2.07 bits per heavy atom. The van der Waals surface area contributed by atoms with Gasteiger partial charge in [-0.15, -0.1) is 0 Å². The number of allylic oxidation sites excluding steroid dienone is 3. The monoisotopic (exact) mass is 397 g/mol. The highest BCUT2D eigenvalue weighted by atomic mass is 35.5. The number of aromatic nitrogens is 1. The minimum Gasteiger partial charge on any atom is -0.361 e. The quantitative estimate of drug-likeness (QED) is 0.809. The van der Waals surface area contributed by atoms with Crippen LogP contribution in [0.5, 0.6) is 0 Å². The average molecular weight is 398 g/mol. The minimum absolute atomic E-state index is 0.0631. The fourth-order valence-electron chi connectivity index (χ4n) is 4.28. The van der Waals surface area contributed by atoms with E-state index in [9.17, 15) is 9.59 Å². The maximum absolute atomic E-state index is 13.2. The Morgan fingerprint density at radius 3 is 2.82 bits per heavy atom. The number of amides is 1. The number of halogens is 1. The van der Waals surface area contributed by atoms with Crippen LogP contribution in [0.25, 0.3) is 0 Å². The minimum atomic E-state index is -0.316.